The van der Waals surface area contributed by atoms with Crippen molar-refractivity contribution in [1.82, 2.24) is 14.9 Å². The molecule has 98 valence electrons. The van der Waals surface area contributed by atoms with E-state index in [1.54, 1.807) is 0 Å². The summed E-state index contributed by atoms with van der Waals surface area (Å²) in [6.07, 6.45) is 7.44. The Morgan fingerprint density at radius 3 is 2.65 bits per heavy atom. The molecule has 0 spiro atoms. The van der Waals surface area contributed by atoms with E-state index in [1.165, 1.54) is 18.7 Å². The van der Waals surface area contributed by atoms with E-state index >= 15 is 0 Å². The van der Waals surface area contributed by atoms with Gasteiger partial charge in [0.25, 0.3) is 0 Å². The number of imidazole rings is 1. The first-order valence-electron chi connectivity index (χ1n) is 6.66. The van der Waals surface area contributed by atoms with Gasteiger partial charge in [0.15, 0.2) is 0 Å². The molecule has 0 aliphatic carbocycles. The van der Waals surface area contributed by atoms with Gasteiger partial charge in [0, 0.05) is 31.4 Å². The minimum atomic E-state index is 0.328. The van der Waals surface area contributed by atoms with E-state index in [-0.39, 0.29) is 0 Å². The molecule has 1 unspecified atom stereocenters. The first kappa shape index (κ1) is 14.2. The Kier molecular flexibility index (Phi) is 5.19. The normalized spacial score (nSPS) is 13.9. The van der Waals surface area contributed by atoms with Crippen molar-refractivity contribution in [3.05, 3.63) is 18.2 Å². The number of hydrogen-bond donors (Lipinski definition) is 1. The summed E-state index contributed by atoms with van der Waals surface area (Å²) in [6.45, 7) is 10.1. The molecule has 0 amide bonds. The molecule has 0 fully saturated rings. The fourth-order valence-electron chi connectivity index (χ4n) is 2.33. The van der Waals surface area contributed by atoms with E-state index < -0.39 is 0 Å². The van der Waals surface area contributed by atoms with Crippen LogP contribution in [0.5, 0.6) is 0 Å². The van der Waals surface area contributed by atoms with Crippen LogP contribution < -0.4 is 5.32 Å². The van der Waals surface area contributed by atoms with Crippen LogP contribution in [0.2, 0.25) is 0 Å². The predicted molar refractivity (Wildman–Crippen MR) is 73.1 cm³/mol. The van der Waals surface area contributed by atoms with Crippen LogP contribution in [0.3, 0.4) is 0 Å². The summed E-state index contributed by atoms with van der Waals surface area (Å²) < 4.78 is 2.23. The Morgan fingerprint density at radius 2 is 2.12 bits per heavy atom. The van der Waals surface area contributed by atoms with Gasteiger partial charge in [-0.3, -0.25) is 0 Å². The third-order valence-corrected chi connectivity index (χ3v) is 3.43. The number of aryl methyl sites for hydroxylation is 2. The van der Waals surface area contributed by atoms with Gasteiger partial charge in [0.2, 0.25) is 0 Å². The molecule has 0 radical (unpaired) electrons. The summed E-state index contributed by atoms with van der Waals surface area (Å²) in [5.41, 5.74) is 0.328. The summed E-state index contributed by atoms with van der Waals surface area (Å²) in [5.74, 6) is 1.22. The van der Waals surface area contributed by atoms with Gasteiger partial charge in [-0.1, -0.05) is 20.8 Å². The Morgan fingerprint density at radius 1 is 1.41 bits per heavy atom. The maximum absolute atomic E-state index is 4.41. The van der Waals surface area contributed by atoms with Gasteiger partial charge in [-0.15, -0.1) is 0 Å². The van der Waals surface area contributed by atoms with E-state index in [9.17, 15) is 0 Å². The molecule has 0 bridgehead atoms. The third kappa shape index (κ3) is 4.15. The number of rotatable bonds is 6. The van der Waals surface area contributed by atoms with Gasteiger partial charge in [-0.05, 0) is 32.2 Å². The molecule has 1 N–H and O–H groups in total. The van der Waals surface area contributed by atoms with E-state index in [0.29, 0.717) is 11.5 Å². The van der Waals surface area contributed by atoms with Crippen LogP contribution >= 0.6 is 0 Å². The highest BCUT2D eigenvalue weighted by Crippen LogP contribution is 2.23. The lowest BCUT2D eigenvalue weighted by Crippen LogP contribution is -2.37. The summed E-state index contributed by atoms with van der Waals surface area (Å²) >= 11 is 0. The number of nitrogens with one attached hydrogen (secondary N) is 1. The van der Waals surface area contributed by atoms with Crippen LogP contribution in [0, 0.1) is 5.41 Å². The van der Waals surface area contributed by atoms with Gasteiger partial charge in [0.05, 0.1) is 0 Å². The first-order chi connectivity index (χ1) is 7.99. The topological polar surface area (TPSA) is 29.9 Å². The highest BCUT2D eigenvalue weighted by molar-refractivity contribution is 4.92. The van der Waals surface area contributed by atoms with Crippen molar-refractivity contribution >= 4 is 0 Å². The second-order valence-electron chi connectivity index (χ2n) is 5.73. The van der Waals surface area contributed by atoms with Crippen molar-refractivity contribution in [1.29, 1.82) is 0 Å². The zero-order valence-corrected chi connectivity index (χ0v) is 12.0. The van der Waals surface area contributed by atoms with Gasteiger partial charge in [0.1, 0.15) is 5.82 Å². The number of hydrogen-bond acceptors (Lipinski definition) is 2. The fraction of sp³-hybridized carbons (Fsp3) is 0.786. The lowest BCUT2D eigenvalue weighted by atomic mass is 9.84. The fourth-order valence-corrected chi connectivity index (χ4v) is 2.33. The predicted octanol–water partition coefficient (Wildman–Crippen LogP) is 2.86. The molecular formula is C14H27N3. The van der Waals surface area contributed by atoms with E-state index in [2.05, 4.69) is 55.8 Å². The molecule has 1 atom stereocenters. The summed E-state index contributed by atoms with van der Waals surface area (Å²) in [7, 11) is 2.06. The van der Waals surface area contributed by atoms with Crippen LogP contribution in [0.4, 0.5) is 0 Å². The average molecular weight is 237 g/mol. The monoisotopic (exact) mass is 237 g/mol. The lowest BCUT2D eigenvalue weighted by molar-refractivity contribution is 0.263. The molecule has 0 aliphatic heterocycles. The molecule has 3 heteroatoms. The van der Waals surface area contributed by atoms with Gasteiger partial charge in [-0.25, -0.2) is 4.98 Å². The Labute approximate surface area is 106 Å². The molecule has 1 rings (SSSR count). The highest BCUT2D eigenvalue weighted by atomic mass is 15.0. The maximum atomic E-state index is 4.41. The van der Waals surface area contributed by atoms with E-state index in [1.807, 2.05) is 6.20 Å². The Bertz CT molecular complexity index is 322. The zero-order chi connectivity index (χ0) is 12.9. The Hall–Kier alpha value is -0.830. The molecule has 0 aliphatic rings. The average Bonchev–Trinajstić information content (AvgIpc) is 2.69. The summed E-state index contributed by atoms with van der Waals surface area (Å²) in [4.78, 5) is 4.41. The van der Waals surface area contributed by atoms with Gasteiger partial charge >= 0.3 is 0 Å². The third-order valence-electron chi connectivity index (χ3n) is 3.43. The minimum Gasteiger partial charge on any atom is -0.335 e. The van der Waals surface area contributed by atoms with Crippen molar-refractivity contribution in [3.63, 3.8) is 0 Å². The van der Waals surface area contributed by atoms with Crippen molar-refractivity contribution in [3.8, 4) is 0 Å². The second kappa shape index (κ2) is 6.20. The molecule has 17 heavy (non-hydrogen) atoms. The van der Waals surface area contributed by atoms with Crippen LogP contribution in [0.1, 0.15) is 46.4 Å². The zero-order valence-electron chi connectivity index (χ0n) is 12.0. The molecular weight excluding hydrogens is 210 g/mol. The van der Waals surface area contributed by atoms with E-state index in [0.717, 1.165) is 13.0 Å². The standard InChI is InChI=1S/C14H27N3/c1-6-17-11-10-16-13(17)9-7-8-12(15-5)14(2,3)4/h10-12,15H,6-9H2,1-5H3. The van der Waals surface area contributed by atoms with Gasteiger partial charge in [-0.2, -0.15) is 0 Å². The maximum Gasteiger partial charge on any atom is 0.108 e. The number of nitrogens with zero attached hydrogens (tertiary/aromatic N) is 2. The molecule has 0 saturated carbocycles. The molecule has 1 heterocycles. The van der Waals surface area contributed by atoms with Crippen LogP contribution in [-0.4, -0.2) is 22.6 Å². The highest BCUT2D eigenvalue weighted by Gasteiger charge is 2.22. The van der Waals surface area contributed by atoms with Crippen molar-refractivity contribution in [2.75, 3.05) is 7.05 Å². The Balaban J connectivity index is 2.42. The lowest BCUT2D eigenvalue weighted by Gasteiger charge is -2.30. The summed E-state index contributed by atoms with van der Waals surface area (Å²) in [5, 5.41) is 3.42. The minimum absolute atomic E-state index is 0.328. The van der Waals surface area contributed by atoms with Crippen LogP contribution in [0.15, 0.2) is 12.4 Å². The van der Waals surface area contributed by atoms with Gasteiger partial charge < -0.3 is 9.88 Å². The van der Waals surface area contributed by atoms with Crippen molar-refractivity contribution in [2.24, 2.45) is 5.41 Å². The van der Waals surface area contributed by atoms with E-state index in [4.69, 9.17) is 0 Å². The van der Waals surface area contributed by atoms with Crippen molar-refractivity contribution in [2.45, 2.75) is 59.5 Å². The molecule has 3 nitrogen and oxygen atoms in total. The number of aromatic nitrogens is 2. The molecule has 1 aromatic rings. The SMILES string of the molecule is CCn1ccnc1CCCC(NC)C(C)(C)C. The second-order valence-corrected chi connectivity index (χ2v) is 5.73. The first-order valence-corrected chi connectivity index (χ1v) is 6.66. The molecule has 0 saturated heterocycles. The largest absolute Gasteiger partial charge is 0.335 e. The van der Waals surface area contributed by atoms with Crippen LogP contribution in [-0.2, 0) is 13.0 Å². The van der Waals surface area contributed by atoms with Crippen LogP contribution in [0.25, 0.3) is 0 Å². The quantitative estimate of drug-likeness (QED) is 0.824. The molecule has 0 aromatic carbocycles. The summed E-state index contributed by atoms with van der Waals surface area (Å²) in [6, 6.07) is 0.576. The van der Waals surface area contributed by atoms with Crippen molar-refractivity contribution < 1.29 is 0 Å². The molecule has 1 aromatic heterocycles. The smallest absolute Gasteiger partial charge is 0.108 e.